The smallest absolute Gasteiger partial charge is 0.138 e. The summed E-state index contributed by atoms with van der Waals surface area (Å²) >= 11 is 6.27. The first-order valence-corrected chi connectivity index (χ1v) is 8.38. The van der Waals surface area contributed by atoms with Gasteiger partial charge in [0.2, 0.25) is 0 Å². The minimum absolute atomic E-state index is 0.203. The van der Waals surface area contributed by atoms with Gasteiger partial charge in [-0.15, -0.1) is 0 Å². The Kier molecular flexibility index (Phi) is 4.72. The van der Waals surface area contributed by atoms with E-state index in [0.29, 0.717) is 11.1 Å². The molecule has 1 N–H and O–H groups in total. The molecule has 0 bridgehead atoms. The molecule has 1 aromatic rings. The Morgan fingerprint density at radius 2 is 2.05 bits per heavy atom. The van der Waals surface area contributed by atoms with Crippen molar-refractivity contribution in [2.24, 2.45) is 5.92 Å². The first-order valence-electron chi connectivity index (χ1n) is 8.00. The van der Waals surface area contributed by atoms with Gasteiger partial charge in [0.1, 0.15) is 5.75 Å². The maximum absolute atomic E-state index is 10.5. The van der Waals surface area contributed by atoms with Gasteiger partial charge >= 0.3 is 0 Å². The number of hydrogen-bond acceptors (Lipinski definition) is 3. The lowest BCUT2D eigenvalue weighted by atomic mass is 9.97. The molecule has 0 amide bonds. The summed E-state index contributed by atoms with van der Waals surface area (Å²) in [5, 5.41) is 11.1. The van der Waals surface area contributed by atoms with Crippen molar-refractivity contribution in [1.29, 1.82) is 0 Å². The normalized spacial score (nSPS) is 22.2. The molecule has 3 nitrogen and oxygen atoms in total. The fourth-order valence-electron chi connectivity index (χ4n) is 2.96. The maximum Gasteiger partial charge on any atom is 0.138 e. The predicted molar refractivity (Wildman–Crippen MR) is 84.9 cm³/mol. The van der Waals surface area contributed by atoms with Crippen LogP contribution in [0, 0.1) is 5.92 Å². The molecule has 1 aliphatic carbocycles. The topological polar surface area (TPSA) is 32.7 Å². The first kappa shape index (κ1) is 15.1. The van der Waals surface area contributed by atoms with Gasteiger partial charge in [-0.2, -0.15) is 0 Å². The molecular weight excluding hydrogens is 286 g/mol. The SMILES string of the molecule is C[C@H](CN1CCCC1)[C@H](O)c1ccc(OC2CC2)c(Cl)c1. The van der Waals surface area contributed by atoms with Crippen molar-refractivity contribution >= 4 is 11.6 Å². The van der Waals surface area contributed by atoms with E-state index in [9.17, 15) is 5.11 Å². The van der Waals surface area contributed by atoms with Gasteiger partial charge < -0.3 is 14.7 Å². The van der Waals surface area contributed by atoms with Crippen molar-refractivity contribution in [3.8, 4) is 5.75 Å². The Balaban J connectivity index is 1.62. The molecule has 0 unspecified atom stereocenters. The first-order chi connectivity index (χ1) is 10.1. The number of rotatable bonds is 6. The largest absolute Gasteiger partial charge is 0.489 e. The number of aliphatic hydroxyl groups is 1. The highest BCUT2D eigenvalue weighted by Crippen LogP contribution is 2.34. The second kappa shape index (κ2) is 6.55. The minimum atomic E-state index is -0.474. The van der Waals surface area contributed by atoms with E-state index in [4.69, 9.17) is 16.3 Å². The summed E-state index contributed by atoms with van der Waals surface area (Å²) in [6.07, 6.45) is 4.66. The van der Waals surface area contributed by atoms with Gasteiger partial charge in [-0.3, -0.25) is 0 Å². The molecular formula is C17H24ClNO2. The van der Waals surface area contributed by atoms with Gasteiger partial charge in [0.15, 0.2) is 0 Å². The highest BCUT2D eigenvalue weighted by molar-refractivity contribution is 6.32. The van der Waals surface area contributed by atoms with E-state index in [2.05, 4.69) is 11.8 Å². The highest BCUT2D eigenvalue weighted by Gasteiger charge is 2.25. The van der Waals surface area contributed by atoms with Crippen LogP contribution in [0.4, 0.5) is 0 Å². The van der Waals surface area contributed by atoms with E-state index in [1.807, 2.05) is 18.2 Å². The molecule has 116 valence electrons. The van der Waals surface area contributed by atoms with Crippen molar-refractivity contribution in [2.75, 3.05) is 19.6 Å². The molecule has 1 heterocycles. The van der Waals surface area contributed by atoms with E-state index in [1.165, 1.54) is 12.8 Å². The molecule has 1 aromatic carbocycles. The van der Waals surface area contributed by atoms with Crippen LogP contribution < -0.4 is 4.74 Å². The van der Waals surface area contributed by atoms with Crippen molar-refractivity contribution in [3.63, 3.8) is 0 Å². The monoisotopic (exact) mass is 309 g/mol. The number of nitrogens with zero attached hydrogens (tertiary/aromatic N) is 1. The quantitative estimate of drug-likeness (QED) is 0.870. The Bertz CT molecular complexity index is 484. The lowest BCUT2D eigenvalue weighted by Crippen LogP contribution is -2.28. The van der Waals surface area contributed by atoms with Crippen molar-refractivity contribution in [3.05, 3.63) is 28.8 Å². The molecule has 1 saturated carbocycles. The van der Waals surface area contributed by atoms with Crippen LogP contribution in [0.15, 0.2) is 18.2 Å². The van der Waals surface area contributed by atoms with Crippen LogP contribution in [0.1, 0.15) is 44.3 Å². The van der Waals surface area contributed by atoms with E-state index >= 15 is 0 Å². The summed E-state index contributed by atoms with van der Waals surface area (Å²) in [6, 6.07) is 5.68. The molecule has 0 radical (unpaired) electrons. The second-order valence-electron chi connectivity index (χ2n) is 6.44. The Labute approximate surface area is 131 Å². The van der Waals surface area contributed by atoms with Crippen molar-refractivity contribution in [1.82, 2.24) is 4.90 Å². The fraction of sp³-hybridized carbons (Fsp3) is 0.647. The maximum atomic E-state index is 10.5. The summed E-state index contributed by atoms with van der Waals surface area (Å²) in [4.78, 5) is 2.43. The summed E-state index contributed by atoms with van der Waals surface area (Å²) in [5.74, 6) is 0.941. The Morgan fingerprint density at radius 3 is 2.67 bits per heavy atom. The highest BCUT2D eigenvalue weighted by atomic mass is 35.5. The fourth-order valence-corrected chi connectivity index (χ4v) is 3.20. The number of benzene rings is 1. The van der Waals surface area contributed by atoms with Crippen LogP contribution in [0.3, 0.4) is 0 Å². The predicted octanol–water partition coefficient (Wildman–Crippen LogP) is 3.65. The summed E-state index contributed by atoms with van der Waals surface area (Å²) in [7, 11) is 0. The molecule has 1 aliphatic heterocycles. The van der Waals surface area contributed by atoms with Crippen LogP contribution in [-0.4, -0.2) is 35.7 Å². The zero-order valence-corrected chi connectivity index (χ0v) is 13.4. The summed E-state index contributed by atoms with van der Waals surface area (Å²) in [5.41, 5.74) is 0.884. The van der Waals surface area contributed by atoms with Crippen LogP contribution >= 0.6 is 11.6 Å². The summed E-state index contributed by atoms with van der Waals surface area (Å²) < 4.78 is 5.74. The average Bonchev–Trinajstić information content (AvgIpc) is 3.14. The third-order valence-electron chi connectivity index (χ3n) is 4.40. The van der Waals surface area contributed by atoms with Crippen LogP contribution in [0.5, 0.6) is 5.75 Å². The van der Waals surface area contributed by atoms with Crippen LogP contribution in [0.2, 0.25) is 5.02 Å². The van der Waals surface area contributed by atoms with E-state index in [1.54, 1.807) is 0 Å². The molecule has 2 aliphatic rings. The third-order valence-corrected chi connectivity index (χ3v) is 4.69. The number of ether oxygens (including phenoxy) is 1. The molecule has 1 saturated heterocycles. The number of likely N-dealkylation sites (tertiary alicyclic amines) is 1. The van der Waals surface area contributed by atoms with Gasteiger partial charge in [0, 0.05) is 6.54 Å². The Hall–Kier alpha value is -0.770. The number of hydrogen-bond donors (Lipinski definition) is 1. The zero-order valence-electron chi connectivity index (χ0n) is 12.6. The molecule has 0 spiro atoms. The number of halogens is 1. The van der Waals surface area contributed by atoms with Gasteiger partial charge in [-0.05, 0) is 62.4 Å². The van der Waals surface area contributed by atoms with E-state index < -0.39 is 6.10 Å². The molecule has 3 rings (SSSR count). The average molecular weight is 310 g/mol. The van der Waals surface area contributed by atoms with Crippen LogP contribution in [-0.2, 0) is 0 Å². The van der Waals surface area contributed by atoms with Gasteiger partial charge in [0.25, 0.3) is 0 Å². The van der Waals surface area contributed by atoms with Crippen LogP contribution in [0.25, 0.3) is 0 Å². The molecule has 2 atom stereocenters. The lowest BCUT2D eigenvalue weighted by Gasteiger charge is -2.25. The Morgan fingerprint density at radius 1 is 1.33 bits per heavy atom. The van der Waals surface area contributed by atoms with E-state index in [0.717, 1.165) is 43.8 Å². The third kappa shape index (κ3) is 3.91. The number of aliphatic hydroxyl groups excluding tert-OH is 1. The van der Waals surface area contributed by atoms with Gasteiger partial charge in [0.05, 0.1) is 17.2 Å². The molecule has 2 fully saturated rings. The van der Waals surface area contributed by atoms with E-state index in [-0.39, 0.29) is 5.92 Å². The summed E-state index contributed by atoms with van der Waals surface area (Å²) in [6.45, 7) is 5.36. The van der Waals surface area contributed by atoms with Crippen molar-refractivity contribution < 1.29 is 9.84 Å². The molecule has 21 heavy (non-hydrogen) atoms. The lowest BCUT2D eigenvalue weighted by molar-refractivity contribution is 0.0945. The van der Waals surface area contributed by atoms with Gasteiger partial charge in [-0.1, -0.05) is 24.6 Å². The van der Waals surface area contributed by atoms with Crippen molar-refractivity contribution in [2.45, 2.75) is 44.8 Å². The standard InChI is InChI=1S/C17H24ClNO2/c1-12(11-19-8-2-3-9-19)17(20)13-4-7-16(15(18)10-13)21-14-5-6-14/h4,7,10,12,14,17,20H,2-3,5-6,8-9,11H2,1H3/t12-,17+/m1/s1. The van der Waals surface area contributed by atoms with Gasteiger partial charge in [-0.25, -0.2) is 0 Å². The minimum Gasteiger partial charge on any atom is -0.489 e. The second-order valence-corrected chi connectivity index (χ2v) is 6.84. The molecule has 0 aromatic heterocycles. The molecule has 4 heteroatoms. The zero-order chi connectivity index (χ0) is 14.8.